The van der Waals surface area contributed by atoms with E-state index in [1.165, 1.54) is 0 Å². The zero-order valence-electron chi connectivity index (χ0n) is 7.86. The Morgan fingerprint density at radius 3 is 2.57 bits per heavy atom. The van der Waals surface area contributed by atoms with Gasteiger partial charge in [0, 0.05) is 6.54 Å². The van der Waals surface area contributed by atoms with Crippen molar-refractivity contribution in [2.24, 2.45) is 0 Å². The number of nitrogens with one attached hydrogen (secondary N) is 1. The van der Waals surface area contributed by atoms with Crippen LogP contribution in [0, 0.1) is 6.92 Å². The average molecular weight is 203 g/mol. The molecule has 4 heteroatoms. The van der Waals surface area contributed by atoms with Gasteiger partial charge in [-0.1, -0.05) is 29.8 Å². The third-order valence-electron chi connectivity index (χ3n) is 1.74. The van der Waals surface area contributed by atoms with Crippen molar-refractivity contribution in [2.75, 3.05) is 6.54 Å². The van der Waals surface area contributed by atoms with E-state index < -0.39 is 12.7 Å². The van der Waals surface area contributed by atoms with Gasteiger partial charge in [-0.05, 0) is 12.5 Å². The molecule has 1 rings (SSSR count). The van der Waals surface area contributed by atoms with E-state index in [1.54, 1.807) is 6.07 Å². The number of rotatable bonds is 3. The minimum absolute atomic E-state index is 0.251. The topological polar surface area (TPSA) is 12.0 Å². The molecular formula is C10H12F3N. The second-order valence-electron chi connectivity index (χ2n) is 3.21. The van der Waals surface area contributed by atoms with Crippen LogP contribution < -0.4 is 5.32 Å². The Bertz CT molecular complexity index is 294. The Labute approximate surface area is 80.9 Å². The number of alkyl halides is 3. The van der Waals surface area contributed by atoms with Crippen molar-refractivity contribution in [3.63, 3.8) is 0 Å². The molecule has 0 heterocycles. The summed E-state index contributed by atoms with van der Waals surface area (Å²) in [5, 5.41) is 2.34. The van der Waals surface area contributed by atoms with E-state index in [1.807, 2.05) is 25.1 Å². The highest BCUT2D eigenvalue weighted by Crippen LogP contribution is 2.12. The van der Waals surface area contributed by atoms with Gasteiger partial charge >= 0.3 is 6.18 Å². The van der Waals surface area contributed by atoms with Crippen molar-refractivity contribution >= 4 is 0 Å². The van der Waals surface area contributed by atoms with Crippen LogP contribution in [0.15, 0.2) is 24.3 Å². The molecule has 0 saturated carbocycles. The Morgan fingerprint density at radius 1 is 1.29 bits per heavy atom. The number of benzene rings is 1. The number of hydrogen-bond donors (Lipinski definition) is 1. The Hall–Kier alpha value is -1.03. The minimum atomic E-state index is -4.14. The zero-order chi connectivity index (χ0) is 10.6. The molecule has 1 nitrogen and oxygen atoms in total. The number of aryl methyl sites for hydroxylation is 1. The maximum absolute atomic E-state index is 11.8. The van der Waals surface area contributed by atoms with Gasteiger partial charge < -0.3 is 5.32 Å². The lowest BCUT2D eigenvalue weighted by atomic mass is 10.1. The van der Waals surface area contributed by atoms with Gasteiger partial charge in [-0.15, -0.1) is 0 Å². The summed E-state index contributed by atoms with van der Waals surface area (Å²) in [5.41, 5.74) is 1.92. The molecule has 0 bridgehead atoms. The van der Waals surface area contributed by atoms with Crippen LogP contribution in [-0.2, 0) is 6.54 Å². The fourth-order valence-electron chi connectivity index (χ4n) is 1.17. The van der Waals surface area contributed by atoms with Crippen LogP contribution in [0.5, 0.6) is 0 Å². The Kier molecular flexibility index (Phi) is 3.52. The molecule has 1 aromatic carbocycles. The lowest BCUT2D eigenvalue weighted by Gasteiger charge is -2.08. The first kappa shape index (κ1) is 11.0. The molecule has 78 valence electrons. The molecule has 0 amide bonds. The highest BCUT2D eigenvalue weighted by molar-refractivity contribution is 5.21. The van der Waals surface area contributed by atoms with E-state index in [2.05, 4.69) is 5.32 Å². The van der Waals surface area contributed by atoms with Gasteiger partial charge in [-0.3, -0.25) is 0 Å². The smallest absolute Gasteiger partial charge is 0.305 e. The van der Waals surface area contributed by atoms with Crippen LogP contribution in [0.4, 0.5) is 13.2 Å². The van der Waals surface area contributed by atoms with Gasteiger partial charge in [0.1, 0.15) is 0 Å². The lowest BCUT2D eigenvalue weighted by molar-refractivity contribution is -0.125. The van der Waals surface area contributed by atoms with E-state index >= 15 is 0 Å². The quantitative estimate of drug-likeness (QED) is 0.796. The van der Waals surface area contributed by atoms with Crippen LogP contribution in [0.25, 0.3) is 0 Å². The molecule has 0 aliphatic carbocycles. The van der Waals surface area contributed by atoms with E-state index in [0.717, 1.165) is 11.1 Å². The van der Waals surface area contributed by atoms with Gasteiger partial charge in [0.2, 0.25) is 0 Å². The van der Waals surface area contributed by atoms with Gasteiger partial charge in [0.15, 0.2) is 0 Å². The molecule has 0 atom stereocenters. The molecule has 0 unspecified atom stereocenters. The second kappa shape index (κ2) is 4.46. The molecule has 14 heavy (non-hydrogen) atoms. The summed E-state index contributed by atoms with van der Waals surface area (Å²) in [7, 11) is 0. The van der Waals surface area contributed by atoms with Crippen molar-refractivity contribution in [1.82, 2.24) is 5.32 Å². The van der Waals surface area contributed by atoms with Gasteiger partial charge in [-0.25, -0.2) is 0 Å². The van der Waals surface area contributed by atoms with E-state index in [0.29, 0.717) is 0 Å². The van der Waals surface area contributed by atoms with Crippen LogP contribution in [0.1, 0.15) is 11.1 Å². The highest BCUT2D eigenvalue weighted by atomic mass is 19.4. The lowest BCUT2D eigenvalue weighted by Crippen LogP contribution is -2.28. The second-order valence-corrected chi connectivity index (χ2v) is 3.21. The monoisotopic (exact) mass is 203 g/mol. The van der Waals surface area contributed by atoms with Crippen molar-refractivity contribution < 1.29 is 13.2 Å². The predicted octanol–water partition coefficient (Wildman–Crippen LogP) is 2.65. The SMILES string of the molecule is Cc1cccc(CNCC(F)(F)F)c1. The standard InChI is InChI=1S/C10H12F3N/c1-8-3-2-4-9(5-8)6-14-7-10(11,12)13/h2-5,14H,6-7H2,1H3. The maximum Gasteiger partial charge on any atom is 0.401 e. The van der Waals surface area contributed by atoms with Crippen LogP contribution in [-0.4, -0.2) is 12.7 Å². The Morgan fingerprint density at radius 2 is 2.00 bits per heavy atom. The van der Waals surface area contributed by atoms with E-state index in [-0.39, 0.29) is 6.54 Å². The Balaban J connectivity index is 2.39. The predicted molar refractivity (Wildman–Crippen MR) is 48.9 cm³/mol. The molecule has 1 aromatic rings. The summed E-state index contributed by atoms with van der Waals surface area (Å²) in [5.74, 6) is 0. The van der Waals surface area contributed by atoms with Crippen LogP contribution in [0.2, 0.25) is 0 Å². The summed E-state index contributed by atoms with van der Waals surface area (Å²) >= 11 is 0. The van der Waals surface area contributed by atoms with Gasteiger partial charge in [-0.2, -0.15) is 13.2 Å². The molecule has 0 aliphatic heterocycles. The van der Waals surface area contributed by atoms with E-state index in [4.69, 9.17) is 0 Å². The molecule has 1 N–H and O–H groups in total. The summed E-state index contributed by atoms with van der Waals surface area (Å²) in [6.45, 7) is 1.22. The number of halogens is 3. The molecule has 0 spiro atoms. The molecule has 0 radical (unpaired) electrons. The van der Waals surface area contributed by atoms with Crippen molar-refractivity contribution in [2.45, 2.75) is 19.6 Å². The van der Waals surface area contributed by atoms with Crippen LogP contribution in [0.3, 0.4) is 0 Å². The third kappa shape index (κ3) is 4.28. The third-order valence-corrected chi connectivity index (χ3v) is 1.74. The minimum Gasteiger partial charge on any atom is -0.305 e. The largest absolute Gasteiger partial charge is 0.401 e. The molecule has 0 aliphatic rings. The van der Waals surface area contributed by atoms with Crippen molar-refractivity contribution in [1.29, 1.82) is 0 Å². The highest BCUT2D eigenvalue weighted by Gasteiger charge is 2.25. The summed E-state index contributed by atoms with van der Waals surface area (Å²) in [6, 6.07) is 7.41. The zero-order valence-corrected chi connectivity index (χ0v) is 7.86. The fraction of sp³-hybridized carbons (Fsp3) is 0.400. The van der Waals surface area contributed by atoms with Crippen molar-refractivity contribution in [3.8, 4) is 0 Å². The summed E-state index contributed by atoms with van der Waals surface area (Å²) in [4.78, 5) is 0. The first-order chi connectivity index (χ1) is 6.47. The van der Waals surface area contributed by atoms with Crippen LogP contribution >= 0.6 is 0 Å². The van der Waals surface area contributed by atoms with Gasteiger partial charge in [0.05, 0.1) is 6.54 Å². The van der Waals surface area contributed by atoms with Gasteiger partial charge in [0.25, 0.3) is 0 Å². The molecule has 0 saturated heterocycles. The molecular weight excluding hydrogens is 191 g/mol. The average Bonchev–Trinajstić information content (AvgIpc) is 2.01. The summed E-state index contributed by atoms with van der Waals surface area (Å²) < 4.78 is 35.3. The first-order valence-corrected chi connectivity index (χ1v) is 4.30. The maximum atomic E-state index is 11.8. The fourth-order valence-corrected chi connectivity index (χ4v) is 1.17. The summed E-state index contributed by atoms with van der Waals surface area (Å²) in [6.07, 6.45) is -4.14. The normalized spacial score (nSPS) is 11.7. The molecule has 0 aromatic heterocycles. The van der Waals surface area contributed by atoms with Crippen molar-refractivity contribution in [3.05, 3.63) is 35.4 Å². The van der Waals surface area contributed by atoms with E-state index in [9.17, 15) is 13.2 Å². The molecule has 0 fully saturated rings. The first-order valence-electron chi connectivity index (χ1n) is 4.30. The number of hydrogen-bond acceptors (Lipinski definition) is 1.